The molecule has 0 saturated heterocycles. The molecular weight excluding hydrogens is 318 g/mol. The Morgan fingerprint density at radius 3 is 2.52 bits per heavy atom. The number of carbonyl (C=O) groups excluding carboxylic acids is 2. The lowest BCUT2D eigenvalue weighted by Gasteiger charge is -2.34. The molecule has 1 aromatic rings. The van der Waals surface area contributed by atoms with Crippen LogP contribution in [-0.4, -0.2) is 31.5 Å². The third-order valence-electron chi connectivity index (χ3n) is 5.03. The van der Waals surface area contributed by atoms with Crippen molar-refractivity contribution in [1.29, 1.82) is 0 Å². The first-order valence-corrected chi connectivity index (χ1v) is 9.06. The first-order valence-electron chi connectivity index (χ1n) is 9.06. The number of benzene rings is 1. The molecule has 5 heteroatoms. The molecule has 0 heterocycles. The number of anilines is 1. The van der Waals surface area contributed by atoms with Crippen LogP contribution >= 0.6 is 0 Å². The lowest BCUT2D eigenvalue weighted by molar-refractivity contribution is -0.148. The lowest BCUT2D eigenvalue weighted by atomic mass is 9.73. The summed E-state index contributed by atoms with van der Waals surface area (Å²) < 4.78 is 10.4. The van der Waals surface area contributed by atoms with Gasteiger partial charge in [0.15, 0.2) is 0 Å². The smallest absolute Gasteiger partial charge is 0.329 e. The molecule has 0 bridgehead atoms. The Hall–Kier alpha value is -2.04. The van der Waals surface area contributed by atoms with Crippen LogP contribution in [0.5, 0.6) is 5.75 Å². The van der Waals surface area contributed by atoms with Gasteiger partial charge in [-0.2, -0.15) is 0 Å². The highest BCUT2D eigenvalue weighted by atomic mass is 16.5. The Bertz CT molecular complexity index is 582. The minimum Gasteiger partial charge on any atom is -0.497 e. The number of ether oxygens (including phenoxy) is 2. The predicted octanol–water partition coefficient (Wildman–Crippen LogP) is 3.68. The Morgan fingerprint density at radius 2 is 1.96 bits per heavy atom. The third-order valence-corrected chi connectivity index (χ3v) is 5.03. The number of nitrogens with one attached hydrogen (secondary N) is 1. The van der Waals surface area contributed by atoms with E-state index in [0.717, 1.165) is 24.3 Å². The highest BCUT2D eigenvalue weighted by Crippen LogP contribution is 2.34. The molecule has 0 aromatic heterocycles. The molecule has 0 radical (unpaired) electrons. The molecule has 0 spiro atoms. The Morgan fingerprint density at radius 1 is 1.28 bits per heavy atom. The van der Waals surface area contributed by atoms with Crippen molar-refractivity contribution < 1.29 is 19.1 Å². The summed E-state index contributed by atoms with van der Waals surface area (Å²) in [5.41, 5.74) is 0.776. The second-order valence-electron chi connectivity index (χ2n) is 6.95. The average molecular weight is 347 g/mol. The van der Waals surface area contributed by atoms with Gasteiger partial charge in [-0.25, -0.2) is 4.79 Å². The van der Waals surface area contributed by atoms with E-state index in [0.29, 0.717) is 24.9 Å². The fraction of sp³-hybridized carbons (Fsp3) is 0.600. The number of carbonyl (C=O) groups is 2. The second-order valence-corrected chi connectivity index (χ2v) is 6.95. The molecule has 3 atom stereocenters. The SMILES string of the molecule is CCOC(=O)[C@@H](Nc1ccc(OC)cc1)[C@H]1C[C@H](C(C)C)CCC1=O. The van der Waals surface area contributed by atoms with Crippen LogP contribution in [0, 0.1) is 17.8 Å². The number of hydrogen-bond acceptors (Lipinski definition) is 5. The Balaban J connectivity index is 2.21. The van der Waals surface area contributed by atoms with Gasteiger partial charge in [-0.15, -0.1) is 0 Å². The van der Waals surface area contributed by atoms with E-state index in [1.165, 1.54) is 0 Å². The Labute approximate surface area is 150 Å². The van der Waals surface area contributed by atoms with Crippen molar-refractivity contribution >= 4 is 17.4 Å². The number of hydrogen-bond donors (Lipinski definition) is 1. The topological polar surface area (TPSA) is 64.6 Å². The zero-order chi connectivity index (χ0) is 18.4. The summed E-state index contributed by atoms with van der Waals surface area (Å²) in [6.07, 6.45) is 2.17. The molecule has 0 amide bonds. The zero-order valence-electron chi connectivity index (χ0n) is 15.6. The standard InChI is InChI=1S/C20H29NO4/c1-5-25-20(23)19(21-15-7-9-16(24-4)10-8-15)17-12-14(13(2)3)6-11-18(17)22/h7-10,13-14,17,19,21H,5-6,11-12H2,1-4H3/t14-,17+,19+/m1/s1. The number of methoxy groups -OCH3 is 1. The average Bonchev–Trinajstić information content (AvgIpc) is 2.61. The van der Waals surface area contributed by atoms with Gasteiger partial charge in [0.05, 0.1) is 13.7 Å². The van der Waals surface area contributed by atoms with Crippen molar-refractivity contribution in [2.24, 2.45) is 17.8 Å². The first kappa shape index (κ1) is 19.3. The first-order chi connectivity index (χ1) is 12.0. The minimum atomic E-state index is -0.651. The van der Waals surface area contributed by atoms with Crippen molar-refractivity contribution in [3.8, 4) is 5.75 Å². The van der Waals surface area contributed by atoms with Crippen LogP contribution < -0.4 is 10.1 Å². The van der Waals surface area contributed by atoms with E-state index in [2.05, 4.69) is 19.2 Å². The maximum absolute atomic E-state index is 12.5. The fourth-order valence-corrected chi connectivity index (χ4v) is 3.44. The van der Waals surface area contributed by atoms with E-state index >= 15 is 0 Å². The van der Waals surface area contributed by atoms with Crippen LogP contribution in [0.1, 0.15) is 40.0 Å². The maximum atomic E-state index is 12.5. The van der Waals surface area contributed by atoms with E-state index in [9.17, 15) is 9.59 Å². The van der Waals surface area contributed by atoms with Gasteiger partial charge in [-0.3, -0.25) is 4.79 Å². The molecule has 2 rings (SSSR count). The van der Waals surface area contributed by atoms with Crippen molar-refractivity contribution in [1.82, 2.24) is 0 Å². The number of Topliss-reactive ketones (excluding diaryl/α,β-unsaturated/α-hetero) is 1. The normalized spacial score (nSPS) is 21.7. The molecular formula is C20H29NO4. The summed E-state index contributed by atoms with van der Waals surface area (Å²) in [5, 5.41) is 3.22. The van der Waals surface area contributed by atoms with Crippen LogP contribution in [0.4, 0.5) is 5.69 Å². The number of rotatable bonds is 7. The van der Waals surface area contributed by atoms with Crippen LogP contribution in [0.2, 0.25) is 0 Å². The monoisotopic (exact) mass is 347 g/mol. The molecule has 1 saturated carbocycles. The molecule has 1 aliphatic rings. The second kappa shape index (κ2) is 8.88. The number of esters is 1. The van der Waals surface area contributed by atoms with Gasteiger partial charge in [-0.05, 0) is 55.9 Å². The van der Waals surface area contributed by atoms with E-state index in [1.807, 2.05) is 24.3 Å². The molecule has 1 aromatic carbocycles. The predicted molar refractivity (Wildman–Crippen MR) is 97.7 cm³/mol. The Kier molecular flexibility index (Phi) is 6.85. The van der Waals surface area contributed by atoms with Crippen molar-refractivity contribution in [2.75, 3.05) is 19.0 Å². The highest BCUT2D eigenvalue weighted by molar-refractivity contribution is 5.91. The molecule has 0 aliphatic heterocycles. The van der Waals surface area contributed by atoms with E-state index in [1.54, 1.807) is 14.0 Å². The zero-order valence-corrected chi connectivity index (χ0v) is 15.6. The molecule has 138 valence electrons. The molecule has 25 heavy (non-hydrogen) atoms. The molecule has 1 aliphatic carbocycles. The van der Waals surface area contributed by atoms with Gasteiger partial charge in [0, 0.05) is 18.0 Å². The lowest BCUT2D eigenvalue weighted by Crippen LogP contribution is -2.45. The maximum Gasteiger partial charge on any atom is 0.329 e. The summed E-state index contributed by atoms with van der Waals surface area (Å²) in [5.74, 6) is 1.14. The van der Waals surface area contributed by atoms with Crippen molar-refractivity contribution in [2.45, 2.75) is 46.1 Å². The van der Waals surface area contributed by atoms with Crippen molar-refractivity contribution in [3.05, 3.63) is 24.3 Å². The summed E-state index contributed by atoms with van der Waals surface area (Å²) in [4.78, 5) is 25.1. The third kappa shape index (κ3) is 4.97. The van der Waals surface area contributed by atoms with Crippen LogP contribution in [0.3, 0.4) is 0 Å². The van der Waals surface area contributed by atoms with E-state index < -0.39 is 6.04 Å². The number of ketones is 1. The molecule has 5 nitrogen and oxygen atoms in total. The minimum absolute atomic E-state index is 0.149. The van der Waals surface area contributed by atoms with E-state index in [4.69, 9.17) is 9.47 Å². The van der Waals surface area contributed by atoms with Gasteiger partial charge in [0.25, 0.3) is 0 Å². The molecule has 0 unspecified atom stereocenters. The summed E-state index contributed by atoms with van der Waals surface area (Å²) in [6.45, 7) is 6.43. The summed E-state index contributed by atoms with van der Waals surface area (Å²) in [7, 11) is 1.61. The summed E-state index contributed by atoms with van der Waals surface area (Å²) in [6, 6.07) is 6.69. The fourth-order valence-electron chi connectivity index (χ4n) is 3.44. The summed E-state index contributed by atoms with van der Waals surface area (Å²) >= 11 is 0. The van der Waals surface area contributed by atoms with Crippen LogP contribution in [0.15, 0.2) is 24.3 Å². The van der Waals surface area contributed by atoms with Gasteiger partial charge >= 0.3 is 5.97 Å². The van der Waals surface area contributed by atoms with Gasteiger partial charge in [0.2, 0.25) is 0 Å². The van der Waals surface area contributed by atoms with Crippen LogP contribution in [-0.2, 0) is 14.3 Å². The van der Waals surface area contributed by atoms with Crippen LogP contribution in [0.25, 0.3) is 0 Å². The van der Waals surface area contributed by atoms with Crippen molar-refractivity contribution in [3.63, 3.8) is 0 Å². The highest BCUT2D eigenvalue weighted by Gasteiger charge is 2.39. The molecule has 1 fully saturated rings. The van der Waals surface area contributed by atoms with Gasteiger partial charge < -0.3 is 14.8 Å². The van der Waals surface area contributed by atoms with E-state index in [-0.39, 0.29) is 17.7 Å². The van der Waals surface area contributed by atoms with Gasteiger partial charge in [0.1, 0.15) is 17.6 Å². The quantitative estimate of drug-likeness (QED) is 0.762. The van der Waals surface area contributed by atoms with Gasteiger partial charge in [-0.1, -0.05) is 13.8 Å². The molecule has 1 N–H and O–H groups in total. The largest absolute Gasteiger partial charge is 0.497 e.